The van der Waals surface area contributed by atoms with Crippen LogP contribution in [0.15, 0.2) is 12.2 Å². The molecular weight excluding hydrogens is 244 g/mol. The molecule has 2 saturated carbocycles. The maximum Gasteiger partial charge on any atom is 0.309 e. The lowest BCUT2D eigenvalue weighted by Gasteiger charge is -2.53. The highest BCUT2D eigenvalue weighted by atomic mass is 16.6. The third-order valence-electron chi connectivity index (χ3n) is 5.79. The molecule has 0 aromatic heterocycles. The monoisotopic (exact) mass is 266 g/mol. The summed E-state index contributed by atoms with van der Waals surface area (Å²) in [5.41, 5.74) is 0.486. The van der Waals surface area contributed by atoms with Crippen LogP contribution in [-0.2, 0) is 9.53 Å². The molecule has 1 heterocycles. The van der Waals surface area contributed by atoms with Gasteiger partial charge in [0.2, 0.25) is 0 Å². The molecule has 3 fully saturated rings. The third kappa shape index (κ3) is 1.69. The summed E-state index contributed by atoms with van der Waals surface area (Å²) in [5.74, 6) is 0.0562. The van der Waals surface area contributed by atoms with Gasteiger partial charge in [0.15, 0.2) is 0 Å². The second-order valence-corrected chi connectivity index (χ2v) is 6.77. The largest absolute Gasteiger partial charge is 0.462 e. The zero-order valence-electron chi connectivity index (χ0n) is 11.5. The lowest BCUT2D eigenvalue weighted by Crippen LogP contribution is -2.54. The average Bonchev–Trinajstić information content (AvgIpc) is 2.61. The molecule has 4 heteroatoms. The summed E-state index contributed by atoms with van der Waals surface area (Å²) in [6, 6.07) is 0. The quantitative estimate of drug-likeness (QED) is 0.512. The van der Waals surface area contributed by atoms with Gasteiger partial charge in [-0.25, -0.2) is 0 Å². The standard InChI is InChI=1S/C15H22O4/c1-7-9-4-10-8(2)11(16)5-13(17)15(10,3)6-12(9)19-14(7)18/h7,9-13,16-17H,2,4-6H2,1,3H3/t7?,9-,10+,11-,12-,13+,15-/m1/s1. The summed E-state index contributed by atoms with van der Waals surface area (Å²) in [5, 5.41) is 20.4. The van der Waals surface area contributed by atoms with E-state index in [9.17, 15) is 15.0 Å². The highest BCUT2D eigenvalue weighted by molar-refractivity contribution is 5.75. The predicted molar refractivity (Wildman–Crippen MR) is 69.1 cm³/mol. The van der Waals surface area contributed by atoms with Crippen molar-refractivity contribution in [3.63, 3.8) is 0 Å². The van der Waals surface area contributed by atoms with E-state index >= 15 is 0 Å². The third-order valence-corrected chi connectivity index (χ3v) is 5.79. The predicted octanol–water partition coefficient (Wildman–Crippen LogP) is 1.26. The first kappa shape index (κ1) is 13.1. The molecule has 0 amide bonds. The summed E-state index contributed by atoms with van der Waals surface area (Å²) >= 11 is 0. The van der Waals surface area contributed by atoms with Crippen LogP contribution in [-0.4, -0.2) is 34.5 Å². The maximum atomic E-state index is 11.7. The van der Waals surface area contributed by atoms with E-state index in [1.54, 1.807) is 0 Å². The minimum atomic E-state index is -0.627. The van der Waals surface area contributed by atoms with Crippen molar-refractivity contribution in [2.24, 2.45) is 23.2 Å². The van der Waals surface area contributed by atoms with Gasteiger partial charge >= 0.3 is 5.97 Å². The second kappa shape index (κ2) is 4.06. The Morgan fingerprint density at radius 2 is 2.05 bits per heavy atom. The zero-order valence-corrected chi connectivity index (χ0v) is 11.5. The minimum absolute atomic E-state index is 0.0736. The lowest BCUT2D eigenvalue weighted by molar-refractivity contribution is -0.149. The smallest absolute Gasteiger partial charge is 0.309 e. The molecule has 0 spiro atoms. The molecule has 3 rings (SSSR count). The van der Waals surface area contributed by atoms with Gasteiger partial charge in [-0.2, -0.15) is 0 Å². The number of carbonyl (C=O) groups excluding carboxylic acids is 1. The number of hydrogen-bond acceptors (Lipinski definition) is 4. The lowest BCUT2D eigenvalue weighted by atomic mass is 9.53. The molecule has 19 heavy (non-hydrogen) atoms. The van der Waals surface area contributed by atoms with E-state index in [0.717, 1.165) is 12.0 Å². The van der Waals surface area contributed by atoms with Gasteiger partial charge in [-0.15, -0.1) is 0 Å². The molecule has 4 nitrogen and oxygen atoms in total. The van der Waals surface area contributed by atoms with Gasteiger partial charge in [0.1, 0.15) is 6.10 Å². The zero-order chi connectivity index (χ0) is 13.9. The summed E-state index contributed by atoms with van der Waals surface area (Å²) in [6.07, 6.45) is 0.520. The van der Waals surface area contributed by atoms with Crippen molar-refractivity contribution in [3.8, 4) is 0 Å². The number of hydrogen-bond donors (Lipinski definition) is 2. The molecule has 0 aromatic rings. The fourth-order valence-corrected chi connectivity index (χ4v) is 4.31. The summed E-state index contributed by atoms with van der Waals surface area (Å²) in [6.45, 7) is 7.98. The molecule has 2 N–H and O–H groups in total. The first-order valence-corrected chi connectivity index (χ1v) is 7.10. The number of esters is 1. The minimum Gasteiger partial charge on any atom is -0.462 e. The fourth-order valence-electron chi connectivity index (χ4n) is 4.31. The van der Waals surface area contributed by atoms with E-state index in [1.807, 2.05) is 13.8 Å². The SMILES string of the molecule is C=C1[C@H](O)C[C@H](O)[C@]2(C)C[C@H]3OC(=O)C(C)[C@H]3C[C@@H]12. The van der Waals surface area contributed by atoms with Crippen molar-refractivity contribution in [3.05, 3.63) is 12.2 Å². The Morgan fingerprint density at radius 3 is 2.74 bits per heavy atom. The van der Waals surface area contributed by atoms with Crippen LogP contribution in [0.1, 0.15) is 33.1 Å². The molecule has 0 aromatic carbocycles. The number of ether oxygens (including phenoxy) is 1. The molecule has 7 atom stereocenters. The summed E-state index contributed by atoms with van der Waals surface area (Å²) in [7, 11) is 0. The average molecular weight is 266 g/mol. The molecule has 0 bridgehead atoms. The van der Waals surface area contributed by atoms with Crippen LogP contribution in [0.3, 0.4) is 0 Å². The van der Waals surface area contributed by atoms with Crippen LogP contribution in [0.2, 0.25) is 0 Å². The highest BCUT2D eigenvalue weighted by Crippen LogP contribution is 2.56. The Hall–Kier alpha value is -0.870. The van der Waals surface area contributed by atoms with Crippen molar-refractivity contribution >= 4 is 5.97 Å². The Kier molecular flexibility index (Phi) is 2.81. The van der Waals surface area contributed by atoms with Crippen molar-refractivity contribution < 1.29 is 19.7 Å². The van der Waals surface area contributed by atoms with Crippen molar-refractivity contribution in [1.29, 1.82) is 0 Å². The molecule has 1 aliphatic heterocycles. The number of fused-ring (bicyclic) bond motifs is 2. The second-order valence-electron chi connectivity index (χ2n) is 6.77. The molecule has 1 unspecified atom stereocenters. The Bertz CT molecular complexity index is 432. The van der Waals surface area contributed by atoms with Crippen molar-refractivity contribution in [1.82, 2.24) is 0 Å². The molecule has 1 saturated heterocycles. The van der Waals surface area contributed by atoms with Crippen LogP contribution >= 0.6 is 0 Å². The maximum absolute atomic E-state index is 11.7. The molecule has 2 aliphatic carbocycles. The first-order valence-electron chi connectivity index (χ1n) is 7.10. The summed E-state index contributed by atoms with van der Waals surface area (Å²) in [4.78, 5) is 11.7. The van der Waals surface area contributed by atoms with Crippen molar-refractivity contribution in [2.75, 3.05) is 0 Å². The fraction of sp³-hybridized carbons (Fsp3) is 0.800. The molecule has 0 radical (unpaired) electrons. The van der Waals surface area contributed by atoms with E-state index in [-0.39, 0.29) is 35.2 Å². The molecular formula is C15H22O4. The van der Waals surface area contributed by atoms with Gasteiger partial charge in [-0.1, -0.05) is 20.4 Å². The first-order chi connectivity index (χ1) is 8.84. The van der Waals surface area contributed by atoms with E-state index in [0.29, 0.717) is 12.8 Å². The van der Waals surface area contributed by atoms with Gasteiger partial charge < -0.3 is 14.9 Å². The highest BCUT2D eigenvalue weighted by Gasteiger charge is 2.58. The Morgan fingerprint density at radius 1 is 1.37 bits per heavy atom. The van der Waals surface area contributed by atoms with Crippen molar-refractivity contribution in [2.45, 2.75) is 51.4 Å². The van der Waals surface area contributed by atoms with Gasteiger partial charge in [-0.05, 0) is 24.3 Å². The number of rotatable bonds is 0. The Balaban J connectivity index is 1.93. The van der Waals surface area contributed by atoms with E-state index in [2.05, 4.69) is 6.58 Å². The number of aliphatic hydroxyl groups is 2. The summed E-state index contributed by atoms with van der Waals surface area (Å²) < 4.78 is 5.46. The van der Waals surface area contributed by atoms with E-state index in [4.69, 9.17) is 4.74 Å². The molecule has 106 valence electrons. The van der Waals surface area contributed by atoms with Gasteiger partial charge in [0.25, 0.3) is 0 Å². The van der Waals surface area contributed by atoms with Crippen LogP contribution in [0.4, 0.5) is 0 Å². The van der Waals surface area contributed by atoms with E-state index in [1.165, 1.54) is 0 Å². The number of carbonyl (C=O) groups is 1. The van der Waals surface area contributed by atoms with Crippen LogP contribution < -0.4 is 0 Å². The van der Waals surface area contributed by atoms with Crippen LogP contribution in [0.25, 0.3) is 0 Å². The molecule has 3 aliphatic rings. The topological polar surface area (TPSA) is 66.8 Å². The van der Waals surface area contributed by atoms with Gasteiger partial charge in [0, 0.05) is 17.8 Å². The normalized spacial score (nSPS) is 53.5. The van der Waals surface area contributed by atoms with E-state index < -0.39 is 12.2 Å². The van der Waals surface area contributed by atoms with Crippen LogP contribution in [0, 0.1) is 23.2 Å². The van der Waals surface area contributed by atoms with Crippen LogP contribution in [0.5, 0.6) is 0 Å². The van der Waals surface area contributed by atoms with Gasteiger partial charge in [-0.3, -0.25) is 4.79 Å². The number of aliphatic hydroxyl groups excluding tert-OH is 2. The van der Waals surface area contributed by atoms with Gasteiger partial charge in [0.05, 0.1) is 18.1 Å². The Labute approximate surface area is 113 Å².